The maximum Gasteiger partial charge on any atom is 0.246 e. The first kappa shape index (κ1) is 61.1. The molecule has 28 heteroatoms. The van der Waals surface area contributed by atoms with Gasteiger partial charge in [-0.25, -0.2) is 25.3 Å². The van der Waals surface area contributed by atoms with Crippen LogP contribution in [-0.4, -0.2) is 140 Å². The highest BCUT2D eigenvalue weighted by atomic mass is 32.2. The topological polar surface area (TPSA) is 333 Å². The van der Waals surface area contributed by atoms with E-state index in [0.29, 0.717) is 0 Å². The van der Waals surface area contributed by atoms with Gasteiger partial charge in [0, 0.05) is 112 Å². The molecule has 0 heterocycles. The summed E-state index contributed by atoms with van der Waals surface area (Å²) in [7, 11) is -14.7. The van der Waals surface area contributed by atoms with E-state index in [-0.39, 0.29) is 119 Å². The van der Waals surface area contributed by atoms with Gasteiger partial charge in [0.1, 0.15) is 23.9 Å². The third kappa shape index (κ3) is 15.6. The summed E-state index contributed by atoms with van der Waals surface area (Å²) in [4.78, 5) is 73.5. The molecule has 0 bridgehead atoms. The molecule has 0 aliphatic carbocycles. The fraction of sp³-hybridized carbons (Fsp3) is 0.391. The number of carbonyl (C=O) groups is 6. The van der Waals surface area contributed by atoms with E-state index in [0.717, 1.165) is 12.1 Å². The number of hydrogen-bond acceptors (Lipinski definition) is 16. The lowest BCUT2D eigenvalue weighted by atomic mass is 9.94. The van der Waals surface area contributed by atoms with Crippen LogP contribution in [0.25, 0.3) is 32.3 Å². The molecule has 3 atom stereocenters. The van der Waals surface area contributed by atoms with Crippen LogP contribution in [0.5, 0.6) is 5.75 Å². The molecule has 4 aromatic carbocycles. The van der Waals surface area contributed by atoms with Crippen LogP contribution in [0.2, 0.25) is 0 Å². The highest BCUT2D eigenvalue weighted by molar-refractivity contribution is 7.91. The van der Waals surface area contributed by atoms with Gasteiger partial charge in [-0.2, -0.15) is 52.1 Å². The summed E-state index contributed by atoms with van der Waals surface area (Å²) in [6.07, 6.45) is 0.780. The molecule has 0 aliphatic rings. The molecule has 0 saturated carbocycles. The van der Waals surface area contributed by atoms with Crippen LogP contribution in [0, 0.1) is 0 Å². The number of nitrogens with one attached hydrogen (secondary N) is 9. The molecular weight excluding hydrogens is 1080 g/mol. The van der Waals surface area contributed by atoms with Crippen LogP contribution in [0.1, 0.15) is 40.0 Å². The van der Waals surface area contributed by atoms with Gasteiger partial charge in [-0.1, -0.05) is 37.9 Å². The fourth-order valence-corrected chi connectivity index (χ4v) is 12.6. The Bertz CT molecular complexity index is 3080. The molecular formula is C46H61N9O13S6. The van der Waals surface area contributed by atoms with Gasteiger partial charge in [-0.05, 0) is 52.2 Å². The molecule has 0 spiro atoms. The van der Waals surface area contributed by atoms with Crippen LogP contribution in [0.4, 0.5) is 0 Å². The minimum atomic E-state index is -4.98. The van der Waals surface area contributed by atoms with Gasteiger partial charge in [0.05, 0.1) is 14.7 Å². The van der Waals surface area contributed by atoms with E-state index in [1.54, 1.807) is 0 Å². The number of carbonyl (C=O) groups excluding carboxylic acids is 6. The Kier molecular flexibility index (Phi) is 22.2. The summed E-state index contributed by atoms with van der Waals surface area (Å²) in [5.41, 5.74) is 0.830. The van der Waals surface area contributed by atoms with Crippen LogP contribution >= 0.6 is 37.9 Å². The van der Waals surface area contributed by atoms with E-state index < -0.39 is 110 Å². The van der Waals surface area contributed by atoms with Crippen LogP contribution < -0.4 is 46.1 Å². The summed E-state index contributed by atoms with van der Waals surface area (Å²) in [6.45, 7) is 15.7. The van der Waals surface area contributed by atoms with Crippen LogP contribution in [0.15, 0.2) is 87.5 Å². The zero-order chi connectivity index (χ0) is 55.3. The van der Waals surface area contributed by atoms with Crippen molar-refractivity contribution in [3.8, 4) is 5.75 Å². The third-order valence-electron chi connectivity index (χ3n) is 11.0. The molecule has 0 radical (unpaired) electrons. The zero-order valence-corrected chi connectivity index (χ0v) is 45.8. The van der Waals surface area contributed by atoms with Crippen LogP contribution in [0.3, 0.4) is 0 Å². The molecule has 0 aliphatic heterocycles. The number of amides is 6. The lowest BCUT2D eigenvalue weighted by Gasteiger charge is -2.23. The SMILES string of the molecule is C=C(C)C(=O)NCCCNC(=O)C(CS)NS(=O)(=O)c1cc(O)c2ccc3c(S(=O)(=O)NC(CS)C(=O)NCCCNC(=O)C(=C)C)cc(S(=O)(=O)NC(CS)C(=O)NCCCNC(=O)C(=C)C)c4ccc1c2c34. The molecule has 6 amide bonds. The highest BCUT2D eigenvalue weighted by Gasteiger charge is 2.34. The second-order valence-corrected chi connectivity index (χ2v) is 23.1. The minimum absolute atomic E-state index is 0.000366. The molecule has 0 aromatic heterocycles. The number of thiol groups is 3. The van der Waals surface area contributed by atoms with E-state index in [1.807, 2.05) is 0 Å². The van der Waals surface area contributed by atoms with Gasteiger partial charge in [0.25, 0.3) is 0 Å². The predicted molar refractivity (Wildman–Crippen MR) is 292 cm³/mol. The Hall–Kier alpha value is -5.46. The number of phenolic OH excluding ortho intramolecular Hbond substituents is 1. The summed E-state index contributed by atoms with van der Waals surface area (Å²) in [5.74, 6) is -5.36. The molecule has 74 heavy (non-hydrogen) atoms. The number of sulfonamides is 3. The van der Waals surface area contributed by atoms with E-state index in [4.69, 9.17) is 0 Å². The lowest BCUT2D eigenvalue weighted by Crippen LogP contribution is -2.48. The summed E-state index contributed by atoms with van der Waals surface area (Å²) >= 11 is 12.6. The average molecular weight is 1140 g/mol. The number of phenols is 1. The second-order valence-electron chi connectivity index (χ2n) is 16.9. The summed E-state index contributed by atoms with van der Waals surface area (Å²) in [5, 5.41) is 26.2. The van der Waals surface area contributed by atoms with E-state index in [1.165, 1.54) is 45.0 Å². The first-order valence-electron chi connectivity index (χ1n) is 22.7. The average Bonchev–Trinajstić information content (AvgIpc) is 3.34. The molecule has 3 unspecified atom stereocenters. The van der Waals surface area contributed by atoms with Crippen molar-refractivity contribution in [3.05, 3.63) is 72.9 Å². The summed E-state index contributed by atoms with van der Waals surface area (Å²) in [6, 6.07) is 2.14. The molecule has 22 nitrogen and oxygen atoms in total. The highest BCUT2D eigenvalue weighted by Crippen LogP contribution is 2.45. The van der Waals surface area contributed by atoms with Gasteiger partial charge < -0.3 is 37.0 Å². The Labute approximate surface area is 446 Å². The van der Waals surface area contributed by atoms with Crippen molar-refractivity contribution >= 4 is 136 Å². The number of aromatic hydroxyl groups is 1. The minimum Gasteiger partial charge on any atom is -0.507 e. The second kappa shape index (κ2) is 26.8. The Morgan fingerprint density at radius 2 is 0.716 bits per heavy atom. The molecule has 0 fully saturated rings. The molecule has 4 rings (SSSR count). The lowest BCUT2D eigenvalue weighted by molar-refractivity contribution is -0.123. The van der Waals surface area contributed by atoms with Crippen molar-refractivity contribution in [2.24, 2.45) is 0 Å². The summed E-state index contributed by atoms with van der Waals surface area (Å²) < 4.78 is 94.0. The van der Waals surface area contributed by atoms with Crippen molar-refractivity contribution in [1.82, 2.24) is 46.1 Å². The number of hydrogen-bond donors (Lipinski definition) is 13. The number of benzene rings is 4. The van der Waals surface area contributed by atoms with Gasteiger partial charge in [0.15, 0.2) is 0 Å². The van der Waals surface area contributed by atoms with Crippen molar-refractivity contribution < 1.29 is 59.1 Å². The Morgan fingerprint density at radius 3 is 1.00 bits per heavy atom. The maximum absolute atomic E-state index is 14.6. The first-order chi connectivity index (χ1) is 34.7. The van der Waals surface area contributed by atoms with Gasteiger partial charge in [-0.3, -0.25) is 28.8 Å². The Balaban J connectivity index is 1.83. The van der Waals surface area contributed by atoms with Gasteiger partial charge >= 0.3 is 0 Å². The monoisotopic (exact) mass is 1140 g/mol. The predicted octanol–water partition coefficient (Wildman–Crippen LogP) is 0.616. The molecule has 404 valence electrons. The first-order valence-corrected chi connectivity index (χ1v) is 29.1. The van der Waals surface area contributed by atoms with E-state index in [2.05, 4.69) is 104 Å². The molecule has 4 aromatic rings. The van der Waals surface area contributed by atoms with E-state index in [9.17, 15) is 59.1 Å². The van der Waals surface area contributed by atoms with Crippen LogP contribution in [-0.2, 0) is 58.8 Å². The standard InChI is InChI=1S/C46H61N9O13S6/c1-25(2)41(57)47-14-7-17-50-44(60)32(22-69)53-72(63,64)36-20-35(56)28-10-11-30-37(73(65,66)54-33(23-70)45(61)51-18-8-15-48-42(58)26(3)4)21-38(31-13-12-29(36)39(28)40(30)31)74(67,68)55-34(24-71)46(62)52-19-9-16-49-43(59)27(5)6/h10-13,20-21,32-34,53-56,69-71H,1,3,5,7-9,14-19,22-24H2,2,4,6H3,(H,47,57)(H,48,58)(H,49,59)(H,50,60)(H,51,61)(H,52,62). The fourth-order valence-electron chi connectivity index (χ4n) is 7.15. The van der Waals surface area contributed by atoms with Crippen molar-refractivity contribution in [2.45, 2.75) is 72.8 Å². The van der Waals surface area contributed by atoms with Gasteiger partial charge in [0.2, 0.25) is 65.5 Å². The number of rotatable bonds is 30. The quantitative estimate of drug-likeness (QED) is 0.0148. The smallest absolute Gasteiger partial charge is 0.246 e. The van der Waals surface area contributed by atoms with Crippen molar-refractivity contribution in [2.75, 3.05) is 56.5 Å². The van der Waals surface area contributed by atoms with Crippen molar-refractivity contribution in [3.63, 3.8) is 0 Å². The van der Waals surface area contributed by atoms with E-state index >= 15 is 0 Å². The maximum atomic E-state index is 14.6. The van der Waals surface area contributed by atoms with Crippen molar-refractivity contribution in [1.29, 1.82) is 0 Å². The largest absolute Gasteiger partial charge is 0.507 e. The third-order valence-corrected chi connectivity index (χ3v) is 16.6. The molecule has 0 saturated heterocycles. The molecule has 10 N–H and O–H groups in total. The normalized spacial score (nSPS) is 13.2. The van der Waals surface area contributed by atoms with Gasteiger partial charge in [-0.15, -0.1) is 0 Å². The zero-order valence-electron chi connectivity index (χ0n) is 40.7. The Morgan fingerprint density at radius 1 is 0.459 bits per heavy atom.